The van der Waals surface area contributed by atoms with Gasteiger partial charge < -0.3 is 25.1 Å². The summed E-state index contributed by atoms with van der Waals surface area (Å²) >= 11 is 0. The molecule has 0 saturated carbocycles. The molecule has 1 aliphatic heterocycles. The van der Waals surface area contributed by atoms with E-state index in [0.29, 0.717) is 18.8 Å². The van der Waals surface area contributed by atoms with Gasteiger partial charge >= 0.3 is 5.97 Å². The largest absolute Gasteiger partial charge is 0.497 e. The molecule has 0 bridgehead atoms. The van der Waals surface area contributed by atoms with E-state index in [1.54, 1.807) is 7.11 Å². The summed E-state index contributed by atoms with van der Waals surface area (Å²) in [5, 5.41) is 4.08. The van der Waals surface area contributed by atoms with Crippen LogP contribution in [-0.2, 0) is 9.53 Å². The minimum Gasteiger partial charge on any atom is -0.497 e. The second-order valence-corrected chi connectivity index (χ2v) is 7.07. The first-order valence-corrected chi connectivity index (χ1v) is 9.77. The van der Waals surface area contributed by atoms with Crippen molar-refractivity contribution in [2.75, 3.05) is 26.0 Å². The fraction of sp³-hybridized carbons (Fsp3) is 0.381. The van der Waals surface area contributed by atoms with Gasteiger partial charge in [0.05, 0.1) is 19.1 Å². The Bertz CT molecular complexity index is 1020. The second kappa shape index (κ2) is 8.08. The summed E-state index contributed by atoms with van der Waals surface area (Å²) in [6.07, 6.45) is 5.06. The topological polar surface area (TPSA) is 104 Å². The maximum atomic E-state index is 12.2. The SMILES string of the molecule is CCOC(=O)C1CC(n2cc(-c3ccc(OC)cc3)c3c(N)ncnc32)CCN1. The number of hydrogen-bond donors (Lipinski definition) is 2. The fourth-order valence-electron chi connectivity index (χ4n) is 3.95. The van der Waals surface area contributed by atoms with Crippen molar-refractivity contribution < 1.29 is 14.3 Å². The van der Waals surface area contributed by atoms with Crippen LogP contribution in [0.25, 0.3) is 22.2 Å². The van der Waals surface area contributed by atoms with Crippen molar-refractivity contribution in [2.24, 2.45) is 0 Å². The lowest BCUT2D eigenvalue weighted by Gasteiger charge is -2.30. The van der Waals surface area contributed by atoms with Gasteiger partial charge in [-0.3, -0.25) is 4.79 Å². The molecule has 2 unspecified atom stereocenters. The lowest BCUT2D eigenvalue weighted by Crippen LogP contribution is -2.44. The Morgan fingerprint density at radius 3 is 2.83 bits per heavy atom. The van der Waals surface area contributed by atoms with Crippen LogP contribution < -0.4 is 15.8 Å². The van der Waals surface area contributed by atoms with Crippen LogP contribution in [0.3, 0.4) is 0 Å². The summed E-state index contributed by atoms with van der Waals surface area (Å²) in [7, 11) is 1.64. The number of carbonyl (C=O) groups is 1. The number of piperidine rings is 1. The number of nitrogen functional groups attached to an aromatic ring is 1. The van der Waals surface area contributed by atoms with E-state index in [1.165, 1.54) is 6.33 Å². The average Bonchev–Trinajstić information content (AvgIpc) is 3.15. The number of hydrogen-bond acceptors (Lipinski definition) is 7. The third-order valence-corrected chi connectivity index (χ3v) is 5.38. The smallest absolute Gasteiger partial charge is 0.323 e. The molecule has 4 rings (SSSR count). The van der Waals surface area contributed by atoms with Crippen molar-refractivity contribution in [3.63, 3.8) is 0 Å². The van der Waals surface area contributed by atoms with Crippen molar-refractivity contribution in [3.05, 3.63) is 36.8 Å². The van der Waals surface area contributed by atoms with E-state index in [2.05, 4.69) is 26.0 Å². The average molecular weight is 395 g/mol. The van der Waals surface area contributed by atoms with Crippen LogP contribution in [0.1, 0.15) is 25.8 Å². The summed E-state index contributed by atoms with van der Waals surface area (Å²) in [5.41, 5.74) is 8.98. The fourth-order valence-corrected chi connectivity index (χ4v) is 3.95. The molecule has 1 saturated heterocycles. The number of esters is 1. The lowest BCUT2D eigenvalue weighted by molar-refractivity contribution is -0.146. The Balaban J connectivity index is 1.75. The molecule has 0 aliphatic carbocycles. The molecule has 0 amide bonds. The third kappa shape index (κ3) is 3.63. The maximum Gasteiger partial charge on any atom is 0.323 e. The van der Waals surface area contributed by atoms with Gasteiger partial charge in [0, 0.05) is 17.8 Å². The molecule has 8 nitrogen and oxygen atoms in total. The monoisotopic (exact) mass is 395 g/mol. The Labute approximate surface area is 169 Å². The summed E-state index contributed by atoms with van der Waals surface area (Å²) in [6, 6.07) is 7.60. The van der Waals surface area contributed by atoms with E-state index in [0.717, 1.165) is 40.9 Å². The Morgan fingerprint density at radius 1 is 1.31 bits per heavy atom. The van der Waals surface area contributed by atoms with Gasteiger partial charge in [-0.25, -0.2) is 9.97 Å². The van der Waals surface area contributed by atoms with Crippen LogP contribution in [-0.4, -0.2) is 46.8 Å². The Kier molecular flexibility index (Phi) is 5.35. The van der Waals surface area contributed by atoms with Crippen molar-refractivity contribution in [3.8, 4) is 16.9 Å². The van der Waals surface area contributed by atoms with Crippen LogP contribution >= 0.6 is 0 Å². The zero-order valence-corrected chi connectivity index (χ0v) is 16.6. The molecule has 1 fully saturated rings. The summed E-state index contributed by atoms with van der Waals surface area (Å²) in [4.78, 5) is 20.9. The highest BCUT2D eigenvalue weighted by atomic mass is 16.5. The predicted molar refractivity (Wildman–Crippen MR) is 111 cm³/mol. The zero-order valence-electron chi connectivity index (χ0n) is 16.6. The molecule has 3 aromatic rings. The molecule has 0 spiro atoms. The van der Waals surface area contributed by atoms with E-state index >= 15 is 0 Å². The molecule has 8 heteroatoms. The van der Waals surface area contributed by atoms with Gasteiger partial charge in [-0.15, -0.1) is 0 Å². The summed E-state index contributed by atoms with van der Waals surface area (Å²) in [6.45, 7) is 2.92. The normalized spacial score (nSPS) is 19.2. The number of ether oxygens (including phenoxy) is 2. The highest BCUT2D eigenvalue weighted by molar-refractivity contribution is 6.00. The van der Waals surface area contributed by atoms with Gasteiger partial charge in [-0.1, -0.05) is 12.1 Å². The number of rotatable bonds is 5. The van der Waals surface area contributed by atoms with Crippen molar-refractivity contribution in [1.29, 1.82) is 0 Å². The number of anilines is 1. The summed E-state index contributed by atoms with van der Waals surface area (Å²) < 4.78 is 12.6. The van der Waals surface area contributed by atoms with E-state index in [9.17, 15) is 4.79 Å². The van der Waals surface area contributed by atoms with Gasteiger partial charge in [0.15, 0.2) is 0 Å². The van der Waals surface area contributed by atoms with Crippen LogP contribution in [0.4, 0.5) is 5.82 Å². The number of nitrogens with one attached hydrogen (secondary N) is 1. The lowest BCUT2D eigenvalue weighted by atomic mass is 9.99. The highest BCUT2D eigenvalue weighted by Gasteiger charge is 2.30. The van der Waals surface area contributed by atoms with Crippen LogP contribution in [0.2, 0.25) is 0 Å². The number of nitrogens with two attached hydrogens (primary N) is 1. The minimum atomic E-state index is -0.324. The molecule has 2 atom stereocenters. The van der Waals surface area contributed by atoms with Gasteiger partial charge in [0.1, 0.15) is 29.6 Å². The van der Waals surface area contributed by atoms with Crippen LogP contribution in [0.5, 0.6) is 5.75 Å². The number of aromatic nitrogens is 3. The molecule has 29 heavy (non-hydrogen) atoms. The third-order valence-electron chi connectivity index (χ3n) is 5.38. The molecule has 2 aromatic heterocycles. The van der Waals surface area contributed by atoms with Gasteiger partial charge in [0.2, 0.25) is 0 Å². The standard InChI is InChI=1S/C21H25N5O3/c1-3-29-21(27)17-10-14(8-9-23-17)26-11-16(13-4-6-15(28-2)7-5-13)18-19(22)24-12-25-20(18)26/h4-7,11-12,14,17,23H,3,8-10H2,1-2H3,(H2,22,24,25). The molecule has 3 N–H and O–H groups in total. The number of benzene rings is 1. The number of fused-ring (bicyclic) bond motifs is 1. The van der Waals surface area contributed by atoms with E-state index in [-0.39, 0.29) is 18.1 Å². The van der Waals surface area contributed by atoms with Gasteiger partial charge in [-0.05, 0) is 44.0 Å². The van der Waals surface area contributed by atoms with Gasteiger partial charge in [-0.2, -0.15) is 0 Å². The first-order valence-electron chi connectivity index (χ1n) is 9.77. The van der Waals surface area contributed by atoms with Crippen molar-refractivity contribution in [2.45, 2.75) is 31.8 Å². The van der Waals surface area contributed by atoms with Gasteiger partial charge in [0.25, 0.3) is 0 Å². The molecule has 1 aromatic carbocycles. The first-order chi connectivity index (χ1) is 14.1. The minimum absolute atomic E-state index is 0.106. The summed E-state index contributed by atoms with van der Waals surface area (Å²) in [5.74, 6) is 1.02. The molecule has 0 radical (unpaired) electrons. The van der Waals surface area contributed by atoms with Crippen molar-refractivity contribution in [1.82, 2.24) is 19.9 Å². The number of methoxy groups -OCH3 is 1. The quantitative estimate of drug-likeness (QED) is 0.640. The van der Waals surface area contributed by atoms with E-state index in [1.807, 2.05) is 31.2 Å². The maximum absolute atomic E-state index is 12.2. The zero-order chi connectivity index (χ0) is 20.4. The predicted octanol–water partition coefficient (Wildman–Crippen LogP) is 2.55. The van der Waals surface area contributed by atoms with Crippen LogP contribution in [0, 0.1) is 0 Å². The number of nitrogens with zero attached hydrogens (tertiary/aromatic N) is 3. The molecule has 3 heterocycles. The Hall–Kier alpha value is -3.13. The molecular formula is C21H25N5O3. The number of carbonyl (C=O) groups excluding carboxylic acids is 1. The van der Waals surface area contributed by atoms with E-state index in [4.69, 9.17) is 15.2 Å². The molecule has 152 valence electrons. The second-order valence-electron chi connectivity index (χ2n) is 7.07. The Morgan fingerprint density at radius 2 is 2.10 bits per heavy atom. The highest BCUT2D eigenvalue weighted by Crippen LogP contribution is 2.37. The first kappa shape index (κ1) is 19.2. The van der Waals surface area contributed by atoms with E-state index < -0.39 is 0 Å². The molecule has 1 aliphatic rings. The van der Waals surface area contributed by atoms with Crippen LogP contribution in [0.15, 0.2) is 36.8 Å². The van der Waals surface area contributed by atoms with Crippen molar-refractivity contribution >= 4 is 22.8 Å². The molecular weight excluding hydrogens is 370 g/mol.